The van der Waals surface area contributed by atoms with E-state index < -0.39 is 0 Å². The summed E-state index contributed by atoms with van der Waals surface area (Å²) in [6.45, 7) is 6.30. The zero-order valence-electron chi connectivity index (χ0n) is 4.50. The number of hydrogen-bond acceptors (Lipinski definition) is 0. The highest BCUT2D eigenvalue weighted by atomic mass is 28.1. The van der Waals surface area contributed by atoms with Crippen LogP contribution in [0, 0.1) is 0 Å². The van der Waals surface area contributed by atoms with E-state index in [2.05, 4.69) is 31.0 Å². The van der Waals surface area contributed by atoms with Crippen LogP contribution in [0.2, 0.25) is 5.04 Å². The normalized spacial score (nSPS) is 10.0. The first-order valence-electron chi connectivity index (χ1n) is 1.75. The zero-order valence-corrected chi connectivity index (χ0v) is 5.50. The van der Waals surface area contributed by atoms with Crippen LogP contribution in [0.15, 0.2) is 0 Å². The third kappa shape index (κ3) is 1350. The molecule has 0 aromatic rings. The van der Waals surface area contributed by atoms with E-state index in [4.69, 9.17) is 0 Å². The van der Waals surface area contributed by atoms with E-state index >= 15 is 0 Å². The summed E-state index contributed by atoms with van der Waals surface area (Å²) >= 11 is 0. The summed E-state index contributed by atoms with van der Waals surface area (Å²) < 4.78 is 0. The van der Waals surface area contributed by atoms with Crippen LogP contribution in [0.1, 0.15) is 20.8 Å². The predicted molar refractivity (Wildman–Crippen MR) is 29.1 cm³/mol. The molecule has 0 rings (SSSR count). The molecule has 0 atom stereocenters. The van der Waals surface area contributed by atoms with Gasteiger partial charge >= 0.3 is 0 Å². The highest BCUT2D eigenvalue weighted by molar-refractivity contribution is 6.14. The van der Waals surface area contributed by atoms with Crippen LogP contribution in [0.3, 0.4) is 0 Å². The summed E-state index contributed by atoms with van der Waals surface area (Å²) in [5.41, 5.74) is 0. The lowest BCUT2D eigenvalue weighted by Crippen LogP contribution is -1.90. The summed E-state index contributed by atoms with van der Waals surface area (Å²) in [5, 5.41) is 0.306. The second-order valence-electron chi connectivity index (χ2n) is 2.25. The van der Waals surface area contributed by atoms with Gasteiger partial charge in [0.05, 0.1) is 0 Å². The Morgan fingerprint density at radius 3 is 1.17 bits per heavy atom. The topological polar surface area (TPSA) is 31.5 Å². The molecular weight excluding hydrogens is 92.1 g/mol. The van der Waals surface area contributed by atoms with E-state index in [0.29, 0.717) is 5.04 Å². The fourth-order valence-corrected chi connectivity index (χ4v) is 0. The maximum atomic E-state index is 3.42. The molecule has 37 valence electrons. The third-order valence-electron chi connectivity index (χ3n) is 0. The summed E-state index contributed by atoms with van der Waals surface area (Å²) in [4.78, 5) is 0. The molecule has 0 unspecified atom stereocenters. The Kier molecular flexibility index (Phi) is 3.74. The molecule has 2 heteroatoms. The molecule has 0 bridgehead atoms. The van der Waals surface area contributed by atoms with Gasteiger partial charge in [0.25, 0.3) is 0 Å². The summed E-state index contributed by atoms with van der Waals surface area (Å²) in [5.74, 6) is 0. The van der Waals surface area contributed by atoms with Crippen molar-refractivity contribution >= 4 is 10.2 Å². The summed E-state index contributed by atoms with van der Waals surface area (Å²) in [6.07, 6.45) is 0. The van der Waals surface area contributed by atoms with E-state index in [0.717, 1.165) is 0 Å². The Morgan fingerprint density at radius 1 is 1.17 bits per heavy atom. The fraction of sp³-hybridized carbons (Fsp3) is 1.00. The van der Waals surface area contributed by atoms with Crippen LogP contribution in [-0.2, 0) is 0 Å². The fourth-order valence-electron chi connectivity index (χ4n) is 0. The molecule has 3 radical (unpaired) electrons. The molecule has 0 saturated heterocycles. The second-order valence-corrected chi connectivity index (χ2v) is 3.75. The van der Waals surface area contributed by atoms with Crippen molar-refractivity contribution in [3.8, 4) is 0 Å². The van der Waals surface area contributed by atoms with Crippen LogP contribution in [-0.4, -0.2) is 15.7 Å². The minimum Gasteiger partial charge on any atom is -0.412 e. The van der Waals surface area contributed by atoms with Crippen molar-refractivity contribution in [1.82, 2.24) is 0 Å². The Balaban J connectivity index is 0. The average molecular weight is 103 g/mol. The molecule has 0 aliphatic rings. The van der Waals surface area contributed by atoms with Crippen molar-refractivity contribution in [3.05, 3.63) is 0 Å². The molecular formula is C4H11OSi. The van der Waals surface area contributed by atoms with Gasteiger partial charge < -0.3 is 5.48 Å². The van der Waals surface area contributed by atoms with Gasteiger partial charge in [-0.3, -0.25) is 0 Å². The molecule has 0 aromatic carbocycles. The van der Waals surface area contributed by atoms with Crippen LogP contribution < -0.4 is 0 Å². The highest BCUT2D eigenvalue weighted by Crippen LogP contribution is 2.13. The Labute approximate surface area is 42.5 Å². The maximum absolute atomic E-state index is 3.42. The van der Waals surface area contributed by atoms with E-state index in [9.17, 15) is 0 Å². The number of rotatable bonds is 0. The third-order valence-corrected chi connectivity index (χ3v) is 0. The molecule has 0 saturated carbocycles. The van der Waals surface area contributed by atoms with Crippen molar-refractivity contribution in [2.24, 2.45) is 0 Å². The second kappa shape index (κ2) is 2.37. The molecule has 0 aliphatic heterocycles. The van der Waals surface area contributed by atoms with Gasteiger partial charge in [-0.15, -0.1) is 0 Å². The van der Waals surface area contributed by atoms with Gasteiger partial charge in [0.2, 0.25) is 0 Å². The molecule has 0 spiro atoms. The first kappa shape index (κ1) is 9.49. The average Bonchev–Trinajstić information content (AvgIpc) is 0.722. The lowest BCUT2D eigenvalue weighted by atomic mass is 10.3. The Hall–Kier alpha value is 0.177. The lowest BCUT2D eigenvalue weighted by molar-refractivity contribution is 0.767. The van der Waals surface area contributed by atoms with Gasteiger partial charge in [-0.1, -0.05) is 20.8 Å². The van der Waals surface area contributed by atoms with Crippen LogP contribution in [0.4, 0.5) is 0 Å². The molecule has 0 aliphatic carbocycles. The zero-order chi connectivity index (χ0) is 4.50. The minimum atomic E-state index is 0. The molecule has 1 nitrogen and oxygen atoms in total. The predicted octanol–water partition coefficient (Wildman–Crippen LogP) is 0.549. The van der Waals surface area contributed by atoms with Gasteiger partial charge in [-0.05, 0) is 5.04 Å². The Bertz CT molecular complexity index is 23.0. The summed E-state index contributed by atoms with van der Waals surface area (Å²) in [7, 11) is 3.42. The maximum Gasteiger partial charge on any atom is 0.0302 e. The molecule has 6 heavy (non-hydrogen) atoms. The van der Waals surface area contributed by atoms with Gasteiger partial charge in [0, 0.05) is 10.2 Å². The van der Waals surface area contributed by atoms with Crippen LogP contribution in [0.25, 0.3) is 0 Å². The standard InChI is InChI=1S/C4H9Si.H2O/c1-4(2,3)5;/h1-3H3;1H2. The van der Waals surface area contributed by atoms with E-state index in [1.165, 1.54) is 0 Å². The quantitative estimate of drug-likeness (QED) is 0.401. The van der Waals surface area contributed by atoms with E-state index in [1.807, 2.05) is 0 Å². The molecule has 2 N–H and O–H groups in total. The van der Waals surface area contributed by atoms with Crippen molar-refractivity contribution in [3.63, 3.8) is 0 Å². The van der Waals surface area contributed by atoms with Gasteiger partial charge in [0.1, 0.15) is 0 Å². The first-order chi connectivity index (χ1) is 2.00. The Morgan fingerprint density at radius 2 is 1.17 bits per heavy atom. The molecule has 0 amide bonds. The van der Waals surface area contributed by atoms with Gasteiger partial charge in [0.15, 0.2) is 0 Å². The highest BCUT2D eigenvalue weighted by Gasteiger charge is 1.96. The molecule has 0 aromatic heterocycles. The molecule has 0 fully saturated rings. The minimum absolute atomic E-state index is 0. The van der Waals surface area contributed by atoms with Gasteiger partial charge in [-0.2, -0.15) is 0 Å². The molecule has 0 heterocycles. The van der Waals surface area contributed by atoms with Crippen molar-refractivity contribution in [2.45, 2.75) is 25.8 Å². The van der Waals surface area contributed by atoms with Crippen molar-refractivity contribution < 1.29 is 5.48 Å². The monoisotopic (exact) mass is 103 g/mol. The SMILES string of the molecule is CC(C)(C)[Si].O. The largest absolute Gasteiger partial charge is 0.412 e. The van der Waals surface area contributed by atoms with Crippen molar-refractivity contribution in [1.29, 1.82) is 0 Å². The first-order valence-corrected chi connectivity index (χ1v) is 2.25. The van der Waals surface area contributed by atoms with E-state index in [-0.39, 0.29) is 5.48 Å². The number of hydrogen-bond donors (Lipinski definition) is 0. The van der Waals surface area contributed by atoms with Crippen molar-refractivity contribution in [2.75, 3.05) is 0 Å². The van der Waals surface area contributed by atoms with E-state index in [1.54, 1.807) is 0 Å². The van der Waals surface area contributed by atoms with Gasteiger partial charge in [-0.25, -0.2) is 0 Å². The smallest absolute Gasteiger partial charge is 0.0302 e. The van der Waals surface area contributed by atoms with Crippen LogP contribution >= 0.6 is 0 Å². The van der Waals surface area contributed by atoms with Crippen LogP contribution in [0.5, 0.6) is 0 Å². The summed E-state index contributed by atoms with van der Waals surface area (Å²) in [6, 6.07) is 0. The lowest BCUT2D eigenvalue weighted by Gasteiger charge is -2.04.